The van der Waals surface area contributed by atoms with Crippen LogP contribution in [0.3, 0.4) is 0 Å². The number of hydrogen-bond acceptors (Lipinski definition) is 3. The Hall–Kier alpha value is -0.540. The predicted octanol–water partition coefficient (Wildman–Crippen LogP) is 4.03. The molecule has 0 aliphatic rings. The first kappa shape index (κ1) is 16.5. The molecule has 1 aromatic rings. The highest BCUT2D eigenvalue weighted by Crippen LogP contribution is 2.32. The highest BCUT2D eigenvalue weighted by Gasteiger charge is 2.28. The molecular formula is C16H28N2S. The molecule has 2 nitrogen and oxygen atoms in total. The Balaban J connectivity index is 2.62. The zero-order valence-electron chi connectivity index (χ0n) is 12.6. The van der Waals surface area contributed by atoms with Gasteiger partial charge in [0.1, 0.15) is 0 Å². The van der Waals surface area contributed by atoms with Gasteiger partial charge in [-0.05, 0) is 43.2 Å². The molecule has 0 aliphatic heterocycles. The van der Waals surface area contributed by atoms with E-state index in [4.69, 9.17) is 0 Å². The average molecular weight is 280 g/mol. The number of thiol groups is 1. The molecule has 0 atom stereocenters. The highest BCUT2D eigenvalue weighted by atomic mass is 32.1. The molecule has 0 N–H and O–H groups in total. The fraction of sp³-hybridized carbons (Fsp3) is 0.688. The van der Waals surface area contributed by atoms with E-state index in [1.807, 2.05) is 12.3 Å². The van der Waals surface area contributed by atoms with E-state index in [9.17, 15) is 0 Å². The normalized spacial score (nSPS) is 12.1. The van der Waals surface area contributed by atoms with Crippen LogP contribution in [-0.4, -0.2) is 29.2 Å². The first-order valence-corrected chi connectivity index (χ1v) is 7.98. The van der Waals surface area contributed by atoms with Gasteiger partial charge in [0.25, 0.3) is 0 Å². The van der Waals surface area contributed by atoms with Gasteiger partial charge in [-0.3, -0.25) is 9.88 Å². The van der Waals surface area contributed by atoms with E-state index in [-0.39, 0.29) is 0 Å². The first-order chi connectivity index (χ1) is 9.15. The van der Waals surface area contributed by atoms with Gasteiger partial charge < -0.3 is 0 Å². The molecule has 3 heteroatoms. The van der Waals surface area contributed by atoms with Crippen LogP contribution < -0.4 is 0 Å². The lowest BCUT2D eigenvalue weighted by molar-refractivity contribution is 0.164. The predicted molar refractivity (Wildman–Crippen MR) is 86.7 cm³/mol. The summed E-state index contributed by atoms with van der Waals surface area (Å²) in [7, 11) is 2.19. The first-order valence-electron chi connectivity index (χ1n) is 7.35. The van der Waals surface area contributed by atoms with E-state index in [1.54, 1.807) is 0 Å². The van der Waals surface area contributed by atoms with E-state index >= 15 is 0 Å². The second kappa shape index (κ2) is 8.60. The molecule has 1 rings (SSSR count). The SMILES string of the molecule is CCCC(CS)(CCC)CN(C)Cc1ccccn1. The van der Waals surface area contributed by atoms with Gasteiger partial charge in [0.05, 0.1) is 5.69 Å². The molecule has 0 aliphatic carbocycles. The van der Waals surface area contributed by atoms with E-state index in [1.165, 1.54) is 25.7 Å². The zero-order valence-corrected chi connectivity index (χ0v) is 13.5. The number of pyridine rings is 1. The lowest BCUT2D eigenvalue weighted by Crippen LogP contribution is -2.37. The molecule has 0 fully saturated rings. The van der Waals surface area contributed by atoms with E-state index in [0.29, 0.717) is 5.41 Å². The van der Waals surface area contributed by atoms with Gasteiger partial charge in [0, 0.05) is 19.3 Å². The van der Waals surface area contributed by atoms with Gasteiger partial charge in [0.2, 0.25) is 0 Å². The van der Waals surface area contributed by atoms with Crippen LogP contribution in [-0.2, 0) is 6.54 Å². The van der Waals surface area contributed by atoms with Crippen molar-refractivity contribution in [3.05, 3.63) is 30.1 Å². The van der Waals surface area contributed by atoms with E-state index < -0.39 is 0 Å². The Bertz CT molecular complexity index is 334. The van der Waals surface area contributed by atoms with Gasteiger partial charge in [-0.25, -0.2) is 0 Å². The minimum absolute atomic E-state index is 0.357. The summed E-state index contributed by atoms with van der Waals surface area (Å²) in [6.07, 6.45) is 6.86. The zero-order chi connectivity index (χ0) is 14.1. The molecule has 19 heavy (non-hydrogen) atoms. The molecular weight excluding hydrogens is 252 g/mol. The molecule has 0 saturated carbocycles. The maximum Gasteiger partial charge on any atom is 0.0543 e. The molecule has 1 aromatic heterocycles. The molecule has 0 unspecified atom stereocenters. The van der Waals surface area contributed by atoms with Gasteiger partial charge in [-0.2, -0.15) is 12.6 Å². The second-order valence-corrected chi connectivity index (χ2v) is 5.97. The second-order valence-electron chi connectivity index (χ2n) is 5.65. The highest BCUT2D eigenvalue weighted by molar-refractivity contribution is 7.80. The lowest BCUT2D eigenvalue weighted by Gasteiger charge is -2.36. The maximum absolute atomic E-state index is 4.63. The third kappa shape index (κ3) is 5.53. The summed E-state index contributed by atoms with van der Waals surface area (Å²) in [4.78, 5) is 6.80. The molecule has 108 valence electrons. The van der Waals surface area contributed by atoms with Crippen molar-refractivity contribution in [1.29, 1.82) is 0 Å². The fourth-order valence-electron chi connectivity index (χ4n) is 2.95. The van der Waals surface area contributed by atoms with Crippen LogP contribution in [0.25, 0.3) is 0 Å². The minimum Gasteiger partial charge on any atom is -0.300 e. The smallest absolute Gasteiger partial charge is 0.0543 e. The molecule has 0 radical (unpaired) electrons. The van der Waals surface area contributed by atoms with Crippen LogP contribution in [0.4, 0.5) is 0 Å². The van der Waals surface area contributed by atoms with Crippen LogP contribution in [0, 0.1) is 5.41 Å². The van der Waals surface area contributed by atoms with Crippen molar-refractivity contribution in [3.63, 3.8) is 0 Å². The summed E-state index contributed by atoms with van der Waals surface area (Å²) in [5, 5.41) is 0. The summed E-state index contributed by atoms with van der Waals surface area (Å²) in [6.45, 7) is 6.57. The molecule has 0 saturated heterocycles. The van der Waals surface area contributed by atoms with Crippen molar-refractivity contribution in [1.82, 2.24) is 9.88 Å². The van der Waals surface area contributed by atoms with Crippen LogP contribution in [0.5, 0.6) is 0 Å². The Labute approximate surface area is 124 Å². The molecule has 0 amide bonds. The van der Waals surface area contributed by atoms with Gasteiger partial charge in [-0.1, -0.05) is 32.8 Å². The molecule has 0 aromatic carbocycles. The minimum atomic E-state index is 0.357. The monoisotopic (exact) mass is 280 g/mol. The topological polar surface area (TPSA) is 16.1 Å². The van der Waals surface area contributed by atoms with Crippen LogP contribution >= 0.6 is 12.6 Å². The van der Waals surface area contributed by atoms with Gasteiger partial charge in [0.15, 0.2) is 0 Å². The number of rotatable bonds is 9. The quantitative estimate of drug-likeness (QED) is 0.687. The standard InChI is InChI=1S/C16H28N2S/c1-4-9-16(14-19,10-5-2)13-18(3)12-15-8-6-7-11-17-15/h6-8,11,19H,4-5,9-10,12-14H2,1-3H3. The summed E-state index contributed by atoms with van der Waals surface area (Å²) in [6, 6.07) is 6.12. The average Bonchev–Trinajstić information content (AvgIpc) is 2.40. The van der Waals surface area contributed by atoms with Gasteiger partial charge >= 0.3 is 0 Å². The maximum atomic E-state index is 4.63. The molecule has 0 bridgehead atoms. The Morgan fingerprint density at radius 1 is 1.21 bits per heavy atom. The third-order valence-electron chi connectivity index (χ3n) is 3.66. The van der Waals surface area contributed by atoms with Gasteiger partial charge in [-0.15, -0.1) is 0 Å². The van der Waals surface area contributed by atoms with Crippen molar-refractivity contribution in [2.75, 3.05) is 19.3 Å². The van der Waals surface area contributed by atoms with Crippen molar-refractivity contribution in [2.24, 2.45) is 5.41 Å². The summed E-state index contributed by atoms with van der Waals surface area (Å²) in [5.41, 5.74) is 1.50. The van der Waals surface area contributed by atoms with Crippen LogP contribution in [0.15, 0.2) is 24.4 Å². The van der Waals surface area contributed by atoms with E-state index in [2.05, 4.69) is 55.5 Å². The largest absolute Gasteiger partial charge is 0.300 e. The van der Waals surface area contributed by atoms with E-state index in [0.717, 1.165) is 24.5 Å². The number of hydrogen-bond donors (Lipinski definition) is 1. The third-order valence-corrected chi connectivity index (χ3v) is 4.33. The Kier molecular flexibility index (Phi) is 7.47. The Morgan fingerprint density at radius 3 is 2.37 bits per heavy atom. The molecule has 0 spiro atoms. The van der Waals surface area contributed by atoms with Crippen molar-refractivity contribution >= 4 is 12.6 Å². The summed E-state index contributed by atoms with van der Waals surface area (Å²) < 4.78 is 0. The number of aromatic nitrogens is 1. The fourth-order valence-corrected chi connectivity index (χ4v) is 3.36. The number of nitrogens with zero attached hydrogens (tertiary/aromatic N) is 2. The van der Waals surface area contributed by atoms with Crippen LogP contribution in [0.1, 0.15) is 45.2 Å². The van der Waals surface area contributed by atoms with Crippen molar-refractivity contribution < 1.29 is 0 Å². The van der Waals surface area contributed by atoms with Crippen molar-refractivity contribution in [3.8, 4) is 0 Å². The van der Waals surface area contributed by atoms with Crippen LogP contribution in [0.2, 0.25) is 0 Å². The Morgan fingerprint density at radius 2 is 1.89 bits per heavy atom. The lowest BCUT2D eigenvalue weighted by atomic mass is 9.80. The van der Waals surface area contributed by atoms with Crippen molar-refractivity contribution in [2.45, 2.75) is 46.1 Å². The summed E-state index contributed by atoms with van der Waals surface area (Å²) >= 11 is 4.63. The molecule has 1 heterocycles. The summed E-state index contributed by atoms with van der Waals surface area (Å²) in [5.74, 6) is 0.973.